The fourth-order valence-electron chi connectivity index (χ4n) is 2.08. The predicted octanol–water partition coefficient (Wildman–Crippen LogP) is 1.81. The highest BCUT2D eigenvalue weighted by molar-refractivity contribution is 7.80. The number of allylic oxidation sites excluding steroid dienone is 2. The summed E-state index contributed by atoms with van der Waals surface area (Å²) in [5.74, 6) is 1.40. The first-order valence-electron chi connectivity index (χ1n) is 5.46. The number of nitrogens with one attached hydrogen (secondary N) is 2. The average molecular weight is 223 g/mol. The lowest BCUT2D eigenvalue weighted by Crippen LogP contribution is -2.40. The van der Waals surface area contributed by atoms with Gasteiger partial charge in [-0.25, -0.2) is 0 Å². The lowest BCUT2D eigenvalue weighted by atomic mass is 9.74. The molecule has 2 aliphatic carbocycles. The zero-order chi connectivity index (χ0) is 10.8. The summed E-state index contributed by atoms with van der Waals surface area (Å²) in [6.07, 6.45) is 6.85. The van der Waals surface area contributed by atoms with Crippen molar-refractivity contribution in [2.24, 2.45) is 16.9 Å². The average Bonchev–Trinajstić information content (AvgIpc) is 2.46. The third-order valence-corrected chi connectivity index (χ3v) is 3.08. The molecule has 1 fully saturated rings. The van der Waals surface area contributed by atoms with Gasteiger partial charge in [-0.15, -0.1) is 0 Å². The van der Waals surface area contributed by atoms with Crippen molar-refractivity contribution in [1.82, 2.24) is 10.7 Å². The standard InChI is InChI=1S/C11H17N3S/c1-7(2)12-11(15)14-13-10-6-8-4-3-5-9(8)10/h3,5,7-9H,4,6H2,1-2H3,(H2,12,14,15)/b13-10-/t8-,9-/m0/s1. The molecule has 0 bridgehead atoms. The molecule has 0 amide bonds. The second kappa shape index (κ2) is 4.31. The monoisotopic (exact) mass is 223 g/mol. The molecule has 0 spiro atoms. The normalized spacial score (nSPS) is 30.2. The van der Waals surface area contributed by atoms with Crippen molar-refractivity contribution in [3.63, 3.8) is 0 Å². The molecule has 0 heterocycles. The van der Waals surface area contributed by atoms with E-state index in [0.29, 0.717) is 17.1 Å². The van der Waals surface area contributed by atoms with E-state index >= 15 is 0 Å². The van der Waals surface area contributed by atoms with E-state index in [9.17, 15) is 0 Å². The summed E-state index contributed by atoms with van der Waals surface area (Å²) in [5.41, 5.74) is 4.14. The molecule has 2 rings (SSSR count). The Kier molecular flexibility index (Phi) is 3.05. The van der Waals surface area contributed by atoms with Gasteiger partial charge in [0.15, 0.2) is 5.11 Å². The van der Waals surface area contributed by atoms with Gasteiger partial charge in [-0.3, -0.25) is 5.43 Å². The van der Waals surface area contributed by atoms with E-state index in [4.69, 9.17) is 12.2 Å². The highest BCUT2D eigenvalue weighted by Gasteiger charge is 2.37. The van der Waals surface area contributed by atoms with Gasteiger partial charge in [0.05, 0.1) is 0 Å². The molecule has 3 nitrogen and oxygen atoms in total. The number of thiocarbonyl (C=S) groups is 1. The fourth-order valence-corrected chi connectivity index (χ4v) is 2.36. The van der Waals surface area contributed by atoms with Crippen molar-refractivity contribution in [3.05, 3.63) is 12.2 Å². The maximum absolute atomic E-state index is 5.09. The van der Waals surface area contributed by atoms with E-state index in [2.05, 4.69) is 41.8 Å². The molecule has 4 heteroatoms. The van der Waals surface area contributed by atoms with E-state index in [1.807, 2.05) is 0 Å². The van der Waals surface area contributed by atoms with E-state index < -0.39 is 0 Å². The largest absolute Gasteiger partial charge is 0.359 e. The first-order valence-corrected chi connectivity index (χ1v) is 5.87. The highest BCUT2D eigenvalue weighted by Crippen LogP contribution is 2.39. The minimum absolute atomic E-state index is 0.353. The van der Waals surface area contributed by atoms with E-state index in [1.165, 1.54) is 12.1 Å². The summed E-state index contributed by atoms with van der Waals surface area (Å²) in [5, 5.41) is 8.05. The molecule has 2 N–H and O–H groups in total. The Hall–Kier alpha value is -0.900. The van der Waals surface area contributed by atoms with Gasteiger partial charge in [0.1, 0.15) is 0 Å². The van der Waals surface area contributed by atoms with Crippen LogP contribution in [-0.4, -0.2) is 16.9 Å². The molecule has 2 aliphatic rings. The number of rotatable bonds is 2. The predicted molar refractivity (Wildman–Crippen MR) is 66.8 cm³/mol. The van der Waals surface area contributed by atoms with Gasteiger partial charge in [-0.05, 0) is 44.8 Å². The third-order valence-electron chi connectivity index (χ3n) is 2.87. The summed E-state index contributed by atoms with van der Waals surface area (Å²) >= 11 is 5.09. The first kappa shape index (κ1) is 10.6. The Morgan fingerprint density at radius 1 is 1.60 bits per heavy atom. The maximum Gasteiger partial charge on any atom is 0.187 e. The van der Waals surface area contributed by atoms with Crippen LogP contribution in [0.2, 0.25) is 0 Å². The van der Waals surface area contributed by atoms with Gasteiger partial charge in [0.25, 0.3) is 0 Å². The SMILES string of the molecule is CC(C)NC(=S)N/N=C1/C[C@@H]2CC=C[C@H]12. The number of hydrogen-bond acceptors (Lipinski definition) is 2. The highest BCUT2D eigenvalue weighted by atomic mass is 32.1. The second-order valence-corrected chi connectivity index (χ2v) is 4.91. The Morgan fingerprint density at radius 2 is 2.40 bits per heavy atom. The molecule has 0 saturated heterocycles. The lowest BCUT2D eigenvalue weighted by molar-refractivity contribution is 0.444. The molecule has 0 aromatic heterocycles. The molecular weight excluding hydrogens is 206 g/mol. The molecule has 0 aromatic carbocycles. The molecule has 0 aromatic rings. The van der Waals surface area contributed by atoms with Crippen LogP contribution in [0.1, 0.15) is 26.7 Å². The minimum atomic E-state index is 0.353. The number of hydrogen-bond donors (Lipinski definition) is 2. The number of nitrogens with zero attached hydrogens (tertiary/aromatic N) is 1. The Labute approximate surface area is 96.0 Å². The van der Waals surface area contributed by atoms with Crippen LogP contribution >= 0.6 is 12.2 Å². The van der Waals surface area contributed by atoms with E-state index in [1.54, 1.807) is 0 Å². The van der Waals surface area contributed by atoms with Gasteiger partial charge in [0.2, 0.25) is 0 Å². The molecule has 1 saturated carbocycles. The van der Waals surface area contributed by atoms with E-state index in [0.717, 1.165) is 12.3 Å². The third kappa shape index (κ3) is 2.37. The van der Waals surface area contributed by atoms with Crippen LogP contribution in [0, 0.1) is 11.8 Å². The van der Waals surface area contributed by atoms with Crippen LogP contribution in [-0.2, 0) is 0 Å². The summed E-state index contributed by atoms with van der Waals surface area (Å²) in [4.78, 5) is 0. The summed E-state index contributed by atoms with van der Waals surface area (Å²) in [6.45, 7) is 4.11. The lowest BCUT2D eigenvalue weighted by Gasteiger charge is -2.31. The molecule has 15 heavy (non-hydrogen) atoms. The van der Waals surface area contributed by atoms with Gasteiger partial charge in [0, 0.05) is 17.7 Å². The molecular formula is C11H17N3S. The van der Waals surface area contributed by atoms with Crippen LogP contribution in [0.5, 0.6) is 0 Å². The topological polar surface area (TPSA) is 36.4 Å². The number of hydrazone groups is 1. The Bertz CT molecular complexity index is 320. The zero-order valence-electron chi connectivity index (χ0n) is 9.16. The van der Waals surface area contributed by atoms with Crippen molar-refractivity contribution >= 4 is 23.0 Å². The maximum atomic E-state index is 5.09. The minimum Gasteiger partial charge on any atom is -0.359 e. The van der Waals surface area contributed by atoms with Gasteiger partial charge < -0.3 is 5.32 Å². The van der Waals surface area contributed by atoms with Crippen molar-refractivity contribution in [3.8, 4) is 0 Å². The van der Waals surface area contributed by atoms with Crippen molar-refractivity contribution in [2.45, 2.75) is 32.7 Å². The van der Waals surface area contributed by atoms with Crippen LogP contribution in [0.3, 0.4) is 0 Å². The number of fused-ring (bicyclic) bond motifs is 1. The van der Waals surface area contributed by atoms with Gasteiger partial charge in [-0.2, -0.15) is 5.10 Å². The molecule has 0 radical (unpaired) electrons. The fraction of sp³-hybridized carbons (Fsp3) is 0.636. The van der Waals surface area contributed by atoms with Crippen LogP contribution < -0.4 is 10.7 Å². The van der Waals surface area contributed by atoms with E-state index in [-0.39, 0.29) is 0 Å². The molecule has 82 valence electrons. The Morgan fingerprint density at radius 3 is 3.07 bits per heavy atom. The summed E-state index contributed by atoms with van der Waals surface area (Å²) < 4.78 is 0. The van der Waals surface area contributed by atoms with Crippen molar-refractivity contribution in [2.75, 3.05) is 0 Å². The zero-order valence-corrected chi connectivity index (χ0v) is 9.97. The molecule has 0 unspecified atom stereocenters. The molecule has 0 aliphatic heterocycles. The summed E-state index contributed by atoms with van der Waals surface area (Å²) in [7, 11) is 0. The quantitative estimate of drug-likeness (QED) is 0.426. The van der Waals surface area contributed by atoms with Crippen molar-refractivity contribution < 1.29 is 0 Å². The smallest absolute Gasteiger partial charge is 0.187 e. The van der Waals surface area contributed by atoms with Gasteiger partial charge in [-0.1, -0.05) is 12.2 Å². The van der Waals surface area contributed by atoms with Gasteiger partial charge >= 0.3 is 0 Å². The Balaban J connectivity index is 1.80. The van der Waals surface area contributed by atoms with Crippen LogP contribution in [0.4, 0.5) is 0 Å². The first-order chi connectivity index (χ1) is 7.16. The van der Waals surface area contributed by atoms with Crippen molar-refractivity contribution in [1.29, 1.82) is 0 Å². The molecule has 2 atom stereocenters. The second-order valence-electron chi connectivity index (χ2n) is 4.50. The summed E-state index contributed by atoms with van der Waals surface area (Å²) in [6, 6.07) is 0.353. The van der Waals surface area contributed by atoms with Crippen LogP contribution in [0.25, 0.3) is 0 Å². The van der Waals surface area contributed by atoms with Crippen LogP contribution in [0.15, 0.2) is 17.3 Å².